The lowest BCUT2D eigenvalue weighted by atomic mass is 10.1. The van der Waals surface area contributed by atoms with Crippen LogP contribution in [0.15, 0.2) is 47.3 Å². The molecule has 1 aliphatic heterocycles. The molecule has 0 bridgehead atoms. The molecular formula is C22H18N4O4S. The summed E-state index contributed by atoms with van der Waals surface area (Å²) in [7, 11) is 3.11. The van der Waals surface area contributed by atoms with Crippen molar-refractivity contribution in [1.29, 1.82) is 0 Å². The Balaban J connectivity index is 1.68. The van der Waals surface area contributed by atoms with Crippen molar-refractivity contribution in [2.45, 2.75) is 6.92 Å². The molecule has 3 heterocycles. The number of benzene rings is 2. The Bertz CT molecular complexity index is 1460. The number of ether oxygens (including phenoxy) is 2. The molecule has 0 saturated heterocycles. The Morgan fingerprint density at radius 2 is 1.81 bits per heavy atom. The summed E-state index contributed by atoms with van der Waals surface area (Å²) < 4.78 is 12.2. The predicted octanol–water partition coefficient (Wildman–Crippen LogP) is 2.12. The molecule has 31 heavy (non-hydrogen) atoms. The lowest BCUT2D eigenvalue weighted by Crippen LogP contribution is -2.32. The first-order valence-corrected chi connectivity index (χ1v) is 10.5. The van der Waals surface area contributed by atoms with Gasteiger partial charge in [-0.3, -0.25) is 9.59 Å². The van der Waals surface area contributed by atoms with Gasteiger partial charge in [-0.1, -0.05) is 29.5 Å². The van der Waals surface area contributed by atoms with Crippen LogP contribution in [-0.2, 0) is 4.79 Å². The van der Waals surface area contributed by atoms with E-state index in [1.165, 1.54) is 15.9 Å². The van der Waals surface area contributed by atoms with Gasteiger partial charge in [0.05, 0.1) is 25.5 Å². The number of fused-ring (bicyclic) bond motifs is 2. The van der Waals surface area contributed by atoms with E-state index >= 15 is 0 Å². The summed E-state index contributed by atoms with van der Waals surface area (Å²) in [5.41, 5.74) is 2.33. The van der Waals surface area contributed by atoms with Gasteiger partial charge in [0.2, 0.25) is 4.96 Å². The molecule has 0 atom stereocenters. The van der Waals surface area contributed by atoms with E-state index in [-0.39, 0.29) is 11.5 Å². The van der Waals surface area contributed by atoms with E-state index in [0.717, 1.165) is 11.3 Å². The van der Waals surface area contributed by atoms with Gasteiger partial charge in [0, 0.05) is 17.7 Å². The molecule has 0 unspecified atom stereocenters. The fraction of sp³-hybridized carbons (Fsp3) is 0.182. The van der Waals surface area contributed by atoms with Crippen molar-refractivity contribution in [3.63, 3.8) is 0 Å². The Kier molecular flexibility index (Phi) is 4.48. The van der Waals surface area contributed by atoms with Crippen LogP contribution in [0.1, 0.15) is 12.5 Å². The fourth-order valence-electron chi connectivity index (χ4n) is 3.80. The highest BCUT2D eigenvalue weighted by Gasteiger charge is 2.33. The normalized spacial score (nSPS) is 14.9. The quantitative estimate of drug-likeness (QED) is 0.489. The molecule has 2 aromatic heterocycles. The molecule has 0 spiro atoms. The number of methoxy groups -OCH3 is 2. The van der Waals surface area contributed by atoms with Crippen LogP contribution < -0.4 is 24.5 Å². The van der Waals surface area contributed by atoms with Crippen LogP contribution in [-0.4, -0.2) is 41.3 Å². The summed E-state index contributed by atoms with van der Waals surface area (Å²) >= 11 is 1.17. The number of hydrogen-bond acceptors (Lipinski definition) is 7. The van der Waals surface area contributed by atoms with E-state index in [0.29, 0.717) is 44.5 Å². The Morgan fingerprint density at radius 3 is 2.52 bits per heavy atom. The average molecular weight is 434 g/mol. The number of likely N-dealkylation sites (N-methyl/N-ethyl adjacent to an activating group) is 1. The van der Waals surface area contributed by atoms with Crippen LogP contribution in [0.4, 0.5) is 5.69 Å². The molecule has 0 N–H and O–H groups in total. The zero-order valence-corrected chi connectivity index (χ0v) is 17.9. The molecule has 156 valence electrons. The van der Waals surface area contributed by atoms with E-state index in [9.17, 15) is 9.59 Å². The summed E-state index contributed by atoms with van der Waals surface area (Å²) in [4.78, 5) is 32.8. The van der Waals surface area contributed by atoms with Gasteiger partial charge < -0.3 is 14.4 Å². The number of nitrogens with zero attached hydrogens (tertiary/aromatic N) is 4. The summed E-state index contributed by atoms with van der Waals surface area (Å²) in [5.74, 6) is 1.36. The minimum atomic E-state index is -0.352. The molecule has 0 radical (unpaired) electrons. The van der Waals surface area contributed by atoms with E-state index in [2.05, 4.69) is 10.1 Å². The molecule has 9 heteroatoms. The molecule has 5 rings (SSSR count). The second kappa shape index (κ2) is 7.21. The topological polar surface area (TPSA) is 86.0 Å². The highest BCUT2D eigenvalue weighted by molar-refractivity contribution is 7.15. The largest absolute Gasteiger partial charge is 0.493 e. The standard InChI is InChI=1S/C22H18N4O4S/c1-4-25-14-8-6-5-7-13(14)17(20(25)27)18-21(28)26-22(31-18)23-19(24-26)12-9-10-15(29-2)16(11-12)30-3/h5-11H,4H2,1-3H3/b18-17-. The molecular weight excluding hydrogens is 416 g/mol. The van der Waals surface area contributed by atoms with Gasteiger partial charge in [-0.25, -0.2) is 0 Å². The van der Waals surface area contributed by atoms with Crippen LogP contribution >= 0.6 is 11.3 Å². The van der Waals surface area contributed by atoms with Crippen molar-refractivity contribution >= 4 is 33.5 Å². The number of amides is 1. The molecule has 0 aliphatic carbocycles. The first kappa shape index (κ1) is 19.3. The first-order chi connectivity index (χ1) is 15.1. The molecule has 1 amide bonds. The monoisotopic (exact) mass is 434 g/mol. The predicted molar refractivity (Wildman–Crippen MR) is 118 cm³/mol. The first-order valence-electron chi connectivity index (χ1n) is 9.65. The second-order valence-corrected chi connectivity index (χ2v) is 7.85. The lowest BCUT2D eigenvalue weighted by Gasteiger charge is -2.13. The minimum Gasteiger partial charge on any atom is -0.493 e. The maximum atomic E-state index is 13.2. The van der Waals surface area contributed by atoms with Crippen molar-refractivity contribution in [3.05, 3.63) is 62.9 Å². The smallest absolute Gasteiger partial charge is 0.291 e. The molecule has 4 aromatic rings. The van der Waals surface area contributed by atoms with Crippen molar-refractivity contribution in [1.82, 2.24) is 14.6 Å². The summed E-state index contributed by atoms with van der Waals surface area (Å²) in [6.45, 7) is 2.44. The van der Waals surface area contributed by atoms with E-state index in [1.807, 2.05) is 31.2 Å². The van der Waals surface area contributed by atoms with Crippen molar-refractivity contribution in [2.75, 3.05) is 25.7 Å². The van der Waals surface area contributed by atoms with Gasteiger partial charge in [0.25, 0.3) is 11.5 Å². The molecule has 2 aromatic carbocycles. The van der Waals surface area contributed by atoms with Gasteiger partial charge in [-0.2, -0.15) is 9.50 Å². The zero-order chi connectivity index (χ0) is 21.7. The number of carbonyl (C=O) groups is 1. The van der Waals surface area contributed by atoms with Gasteiger partial charge in [0.15, 0.2) is 17.3 Å². The van der Waals surface area contributed by atoms with Crippen molar-refractivity contribution < 1.29 is 14.3 Å². The Labute approximate surface area is 181 Å². The summed E-state index contributed by atoms with van der Waals surface area (Å²) in [6, 6.07) is 12.8. The van der Waals surface area contributed by atoms with Crippen LogP contribution in [0.3, 0.4) is 0 Å². The third-order valence-electron chi connectivity index (χ3n) is 5.27. The average Bonchev–Trinajstić information content (AvgIpc) is 3.43. The fourth-order valence-corrected chi connectivity index (χ4v) is 4.79. The molecule has 0 saturated carbocycles. The minimum absolute atomic E-state index is 0.176. The SMILES string of the molecule is CCN1C(=O)/C(=c2\sc3nc(-c4ccc(OC)c(OC)c4)nn3c2=O)c2ccccc21. The molecule has 0 fully saturated rings. The molecule has 8 nitrogen and oxygen atoms in total. The number of anilines is 1. The number of hydrogen-bond donors (Lipinski definition) is 0. The van der Waals surface area contributed by atoms with Crippen molar-refractivity contribution in [3.8, 4) is 22.9 Å². The van der Waals surface area contributed by atoms with Crippen LogP contribution in [0.5, 0.6) is 11.5 Å². The van der Waals surface area contributed by atoms with E-state index in [4.69, 9.17) is 9.47 Å². The van der Waals surface area contributed by atoms with Crippen LogP contribution in [0.25, 0.3) is 21.9 Å². The maximum absolute atomic E-state index is 13.2. The van der Waals surface area contributed by atoms with Crippen molar-refractivity contribution in [2.24, 2.45) is 0 Å². The number of rotatable bonds is 4. The maximum Gasteiger partial charge on any atom is 0.291 e. The number of para-hydroxylation sites is 1. The highest BCUT2D eigenvalue weighted by atomic mass is 32.1. The Hall–Kier alpha value is -3.72. The third kappa shape index (κ3) is 2.81. The summed E-state index contributed by atoms with van der Waals surface area (Å²) in [5, 5.41) is 4.39. The van der Waals surface area contributed by atoms with Gasteiger partial charge in [-0.15, -0.1) is 5.10 Å². The van der Waals surface area contributed by atoms with Gasteiger partial charge in [0.1, 0.15) is 4.53 Å². The summed E-state index contributed by atoms with van der Waals surface area (Å²) in [6.07, 6.45) is 0. The van der Waals surface area contributed by atoms with Crippen LogP contribution in [0.2, 0.25) is 0 Å². The van der Waals surface area contributed by atoms with E-state index < -0.39 is 0 Å². The number of carbonyl (C=O) groups excluding carboxylic acids is 1. The zero-order valence-electron chi connectivity index (χ0n) is 17.1. The van der Waals surface area contributed by atoms with E-state index in [1.54, 1.807) is 37.3 Å². The number of aromatic nitrogens is 3. The van der Waals surface area contributed by atoms with Gasteiger partial charge in [-0.05, 0) is 31.2 Å². The van der Waals surface area contributed by atoms with Crippen LogP contribution in [0, 0.1) is 0 Å². The van der Waals surface area contributed by atoms with Gasteiger partial charge >= 0.3 is 0 Å². The third-order valence-corrected chi connectivity index (χ3v) is 6.30. The number of thiazole rings is 1. The second-order valence-electron chi connectivity index (χ2n) is 6.88. The molecule has 1 aliphatic rings. The highest BCUT2D eigenvalue weighted by Crippen LogP contribution is 2.35. The Morgan fingerprint density at radius 1 is 1.03 bits per heavy atom. The lowest BCUT2D eigenvalue weighted by molar-refractivity contribution is -0.113.